The first-order valence-corrected chi connectivity index (χ1v) is 4.46. The fourth-order valence-corrected chi connectivity index (χ4v) is 1.46. The number of fused-ring (bicyclic) bond motifs is 1. The number of hydrogen-bond acceptors (Lipinski definition) is 4. The lowest BCUT2D eigenvalue weighted by atomic mass is 10.1. The lowest BCUT2D eigenvalue weighted by Gasteiger charge is -2.02. The van der Waals surface area contributed by atoms with E-state index in [-0.39, 0.29) is 5.56 Å². The van der Waals surface area contributed by atoms with Gasteiger partial charge in [-0.2, -0.15) is 0 Å². The summed E-state index contributed by atoms with van der Waals surface area (Å²) in [5.41, 5.74) is 0.558. The number of carbonyl (C=O) groups is 2. The summed E-state index contributed by atoms with van der Waals surface area (Å²) in [4.78, 5) is 21.9. The minimum absolute atomic E-state index is 0.0678. The topological polar surface area (TPSA) is 76.7 Å². The predicted octanol–water partition coefficient (Wildman–Crippen LogP) is 1.71. The van der Waals surface area contributed by atoms with Crippen LogP contribution in [0.15, 0.2) is 28.9 Å². The highest BCUT2D eigenvalue weighted by Crippen LogP contribution is 2.28. The van der Waals surface area contributed by atoms with Crippen molar-refractivity contribution < 1.29 is 23.8 Å². The largest absolute Gasteiger partial charge is 0.493 e. The third-order valence-electron chi connectivity index (χ3n) is 2.19. The molecule has 5 nitrogen and oxygen atoms in total. The molecule has 0 aliphatic carbocycles. The second-order valence-electron chi connectivity index (χ2n) is 3.15. The van der Waals surface area contributed by atoms with Crippen LogP contribution in [0.2, 0.25) is 0 Å². The van der Waals surface area contributed by atoms with Crippen LogP contribution in [0.1, 0.15) is 10.4 Å². The van der Waals surface area contributed by atoms with Crippen molar-refractivity contribution in [3.05, 3.63) is 30.0 Å². The molecule has 2 rings (SSSR count). The molecule has 0 saturated heterocycles. The Labute approximate surface area is 90.2 Å². The molecule has 0 bridgehead atoms. The first kappa shape index (κ1) is 10.2. The molecule has 2 aromatic rings. The van der Waals surface area contributed by atoms with Crippen molar-refractivity contribution in [2.75, 3.05) is 7.11 Å². The van der Waals surface area contributed by atoms with Crippen LogP contribution in [0.5, 0.6) is 5.75 Å². The quantitative estimate of drug-likeness (QED) is 0.629. The number of carboxylic acids is 1. The molecule has 0 radical (unpaired) electrons. The molecule has 0 atom stereocenters. The van der Waals surface area contributed by atoms with E-state index in [0.717, 1.165) is 0 Å². The lowest BCUT2D eigenvalue weighted by Crippen LogP contribution is -2.12. The molecular formula is C11H8O5. The summed E-state index contributed by atoms with van der Waals surface area (Å²) in [6.07, 6.45) is 1.45. The number of aliphatic carboxylic acids is 1. The first-order valence-electron chi connectivity index (χ1n) is 4.46. The summed E-state index contributed by atoms with van der Waals surface area (Å²) in [7, 11) is 1.42. The van der Waals surface area contributed by atoms with Crippen molar-refractivity contribution >= 4 is 22.7 Å². The van der Waals surface area contributed by atoms with Crippen molar-refractivity contribution in [3.8, 4) is 5.75 Å². The number of Topliss-reactive ketones (excluding diaryl/α,β-unsaturated/α-hetero) is 1. The maximum Gasteiger partial charge on any atom is 0.377 e. The van der Waals surface area contributed by atoms with E-state index in [0.29, 0.717) is 16.7 Å². The van der Waals surface area contributed by atoms with Gasteiger partial charge in [-0.3, -0.25) is 4.79 Å². The van der Waals surface area contributed by atoms with E-state index in [9.17, 15) is 9.59 Å². The summed E-state index contributed by atoms with van der Waals surface area (Å²) in [6, 6.07) is 4.44. The van der Waals surface area contributed by atoms with Crippen molar-refractivity contribution in [2.45, 2.75) is 0 Å². The molecule has 1 N–H and O–H groups in total. The third-order valence-corrected chi connectivity index (χ3v) is 2.19. The zero-order valence-corrected chi connectivity index (χ0v) is 8.39. The molecule has 0 fully saturated rings. The average molecular weight is 220 g/mol. The summed E-state index contributed by atoms with van der Waals surface area (Å²) in [5, 5.41) is 9.24. The number of carboxylic acid groups (broad SMARTS) is 1. The van der Waals surface area contributed by atoms with E-state index >= 15 is 0 Å². The number of carbonyl (C=O) groups excluding carboxylic acids is 1. The van der Waals surface area contributed by atoms with Crippen molar-refractivity contribution in [3.63, 3.8) is 0 Å². The Hall–Kier alpha value is -2.30. The van der Waals surface area contributed by atoms with Gasteiger partial charge in [0.05, 0.1) is 13.4 Å². The number of furan rings is 1. The molecule has 0 unspecified atom stereocenters. The molecule has 16 heavy (non-hydrogen) atoms. The minimum atomic E-state index is -1.50. The summed E-state index contributed by atoms with van der Waals surface area (Å²) in [5.74, 6) is -2.13. The Morgan fingerprint density at radius 1 is 1.38 bits per heavy atom. The Morgan fingerprint density at radius 2 is 2.12 bits per heavy atom. The Kier molecular flexibility index (Phi) is 2.36. The molecule has 1 aromatic heterocycles. The smallest absolute Gasteiger partial charge is 0.377 e. The molecule has 0 aliphatic rings. The summed E-state index contributed by atoms with van der Waals surface area (Å²) >= 11 is 0. The fraction of sp³-hybridized carbons (Fsp3) is 0.0909. The molecule has 82 valence electrons. The van der Waals surface area contributed by atoms with E-state index in [1.165, 1.54) is 25.5 Å². The van der Waals surface area contributed by atoms with Crippen LogP contribution in [0.4, 0.5) is 0 Å². The molecule has 1 aromatic carbocycles. The minimum Gasteiger partial charge on any atom is -0.493 e. The van der Waals surface area contributed by atoms with Gasteiger partial charge >= 0.3 is 5.97 Å². The number of benzene rings is 1. The van der Waals surface area contributed by atoms with Gasteiger partial charge in [-0.15, -0.1) is 0 Å². The molecular weight excluding hydrogens is 212 g/mol. The van der Waals surface area contributed by atoms with Gasteiger partial charge in [0.15, 0.2) is 11.3 Å². The maximum absolute atomic E-state index is 11.3. The summed E-state index contributed by atoms with van der Waals surface area (Å²) in [6.45, 7) is 0. The van der Waals surface area contributed by atoms with Gasteiger partial charge in [-0.1, -0.05) is 0 Å². The van der Waals surface area contributed by atoms with Gasteiger partial charge in [0.25, 0.3) is 5.78 Å². The van der Waals surface area contributed by atoms with Gasteiger partial charge in [-0.05, 0) is 18.2 Å². The monoisotopic (exact) mass is 220 g/mol. The van der Waals surface area contributed by atoms with E-state index in [1.54, 1.807) is 6.07 Å². The van der Waals surface area contributed by atoms with Crippen LogP contribution >= 0.6 is 0 Å². The van der Waals surface area contributed by atoms with Crippen LogP contribution in [0.25, 0.3) is 11.0 Å². The number of ether oxygens (including phenoxy) is 1. The van der Waals surface area contributed by atoms with Crippen molar-refractivity contribution in [1.82, 2.24) is 0 Å². The lowest BCUT2D eigenvalue weighted by molar-refractivity contribution is -0.131. The highest BCUT2D eigenvalue weighted by Gasteiger charge is 2.18. The normalized spacial score (nSPS) is 10.3. The highest BCUT2D eigenvalue weighted by atomic mass is 16.5. The first-order chi connectivity index (χ1) is 7.63. The van der Waals surface area contributed by atoms with E-state index in [1.807, 2.05) is 0 Å². The molecule has 5 heteroatoms. The van der Waals surface area contributed by atoms with Crippen LogP contribution in [0.3, 0.4) is 0 Å². The fourth-order valence-electron chi connectivity index (χ4n) is 1.46. The number of ketones is 1. The Morgan fingerprint density at radius 3 is 2.75 bits per heavy atom. The standard InChI is InChI=1S/C11H8O5/c1-15-8-5-7(9(12)11(13)14)4-6-2-3-16-10(6)8/h2-5H,1H3,(H,13,14). The molecule has 0 amide bonds. The van der Waals surface area contributed by atoms with Crippen molar-refractivity contribution in [2.24, 2.45) is 0 Å². The molecule has 0 spiro atoms. The predicted molar refractivity (Wildman–Crippen MR) is 54.7 cm³/mol. The van der Waals surface area contributed by atoms with Crippen molar-refractivity contribution in [1.29, 1.82) is 0 Å². The molecule has 0 saturated carbocycles. The van der Waals surface area contributed by atoms with Gasteiger partial charge < -0.3 is 14.3 Å². The van der Waals surface area contributed by atoms with Gasteiger partial charge in [0.2, 0.25) is 0 Å². The van der Waals surface area contributed by atoms with Crippen LogP contribution in [-0.4, -0.2) is 24.0 Å². The Bertz CT molecular complexity index is 567. The second-order valence-corrected chi connectivity index (χ2v) is 3.15. The van der Waals surface area contributed by atoms with E-state index in [4.69, 9.17) is 14.3 Å². The molecule has 1 heterocycles. The van der Waals surface area contributed by atoms with Crippen LogP contribution in [-0.2, 0) is 4.79 Å². The number of hydrogen-bond donors (Lipinski definition) is 1. The van der Waals surface area contributed by atoms with Gasteiger partial charge in [0.1, 0.15) is 0 Å². The van der Waals surface area contributed by atoms with E-state index < -0.39 is 11.8 Å². The van der Waals surface area contributed by atoms with Gasteiger partial charge in [-0.25, -0.2) is 4.79 Å². The van der Waals surface area contributed by atoms with E-state index in [2.05, 4.69) is 0 Å². The van der Waals surface area contributed by atoms with Crippen LogP contribution in [0, 0.1) is 0 Å². The average Bonchev–Trinajstić information content (AvgIpc) is 2.74. The van der Waals surface area contributed by atoms with Gasteiger partial charge in [0, 0.05) is 10.9 Å². The Balaban J connectivity index is 2.64. The number of rotatable bonds is 3. The molecule has 0 aliphatic heterocycles. The number of methoxy groups -OCH3 is 1. The SMILES string of the molecule is COc1cc(C(=O)C(=O)O)cc2ccoc12. The highest BCUT2D eigenvalue weighted by molar-refractivity contribution is 6.40. The second kappa shape index (κ2) is 3.69. The third kappa shape index (κ3) is 1.52. The zero-order valence-electron chi connectivity index (χ0n) is 8.39. The van der Waals surface area contributed by atoms with Crippen LogP contribution < -0.4 is 4.74 Å². The zero-order chi connectivity index (χ0) is 11.7. The maximum atomic E-state index is 11.3. The summed E-state index contributed by atoms with van der Waals surface area (Å²) < 4.78 is 10.2.